The van der Waals surface area contributed by atoms with Crippen molar-refractivity contribution in [3.63, 3.8) is 0 Å². The average Bonchev–Trinajstić information content (AvgIpc) is 2.45. The van der Waals surface area contributed by atoms with Crippen molar-refractivity contribution in [1.82, 2.24) is 10.2 Å². The van der Waals surface area contributed by atoms with E-state index >= 15 is 0 Å². The molecule has 7 heteroatoms. The molecule has 1 unspecified atom stereocenters. The van der Waals surface area contributed by atoms with E-state index in [2.05, 4.69) is 5.32 Å². The van der Waals surface area contributed by atoms with E-state index in [1.807, 2.05) is 24.3 Å². The minimum atomic E-state index is -1.05. The highest BCUT2D eigenvalue weighted by Crippen LogP contribution is 2.23. The maximum Gasteiger partial charge on any atom is 0.326 e. The zero-order chi connectivity index (χ0) is 15.4. The number of nitrogens with one attached hydrogen (secondary N) is 1. The summed E-state index contributed by atoms with van der Waals surface area (Å²) in [7, 11) is 0. The summed E-state index contributed by atoms with van der Waals surface area (Å²) >= 11 is 0. The SMILES string of the molecule is NC(=O)CCNC(=O)N1Cc2ccccc2CC1C(=O)O. The van der Waals surface area contributed by atoms with Gasteiger partial charge >= 0.3 is 12.0 Å². The van der Waals surface area contributed by atoms with Gasteiger partial charge in [-0.2, -0.15) is 0 Å². The van der Waals surface area contributed by atoms with Crippen molar-refractivity contribution in [3.8, 4) is 0 Å². The third-order valence-corrected chi connectivity index (χ3v) is 3.44. The van der Waals surface area contributed by atoms with E-state index < -0.39 is 23.9 Å². The molecule has 1 aliphatic heterocycles. The first-order valence-electron chi connectivity index (χ1n) is 6.61. The Morgan fingerprint density at radius 1 is 1.29 bits per heavy atom. The topological polar surface area (TPSA) is 113 Å². The lowest BCUT2D eigenvalue weighted by atomic mass is 9.94. The Morgan fingerprint density at radius 2 is 1.95 bits per heavy atom. The summed E-state index contributed by atoms with van der Waals surface area (Å²) < 4.78 is 0. The maximum atomic E-state index is 12.1. The molecule has 7 nitrogen and oxygen atoms in total. The number of carboxylic acids is 1. The van der Waals surface area contributed by atoms with Crippen LogP contribution >= 0.6 is 0 Å². The number of urea groups is 1. The summed E-state index contributed by atoms with van der Waals surface area (Å²) in [6.07, 6.45) is 0.294. The van der Waals surface area contributed by atoms with Crippen molar-refractivity contribution in [3.05, 3.63) is 35.4 Å². The first-order valence-corrected chi connectivity index (χ1v) is 6.61. The van der Waals surface area contributed by atoms with Gasteiger partial charge in [-0.1, -0.05) is 24.3 Å². The lowest BCUT2D eigenvalue weighted by Crippen LogP contribution is -2.52. The molecule has 2 rings (SSSR count). The molecule has 112 valence electrons. The van der Waals surface area contributed by atoms with Crippen LogP contribution in [0.5, 0.6) is 0 Å². The molecule has 0 saturated carbocycles. The molecule has 1 heterocycles. The van der Waals surface area contributed by atoms with Crippen LogP contribution in [0.3, 0.4) is 0 Å². The van der Waals surface area contributed by atoms with E-state index in [1.165, 1.54) is 4.90 Å². The van der Waals surface area contributed by atoms with Gasteiger partial charge in [0.1, 0.15) is 6.04 Å². The van der Waals surface area contributed by atoms with Gasteiger partial charge in [0.2, 0.25) is 5.91 Å². The summed E-state index contributed by atoms with van der Waals surface area (Å²) in [6, 6.07) is 6.03. The minimum absolute atomic E-state index is 0.0217. The molecule has 1 aromatic carbocycles. The number of benzene rings is 1. The Hall–Kier alpha value is -2.57. The van der Waals surface area contributed by atoms with Crippen molar-refractivity contribution >= 4 is 17.9 Å². The van der Waals surface area contributed by atoms with Gasteiger partial charge in [-0.25, -0.2) is 9.59 Å². The molecule has 0 radical (unpaired) electrons. The molecule has 0 fully saturated rings. The molecule has 3 amide bonds. The second-order valence-corrected chi connectivity index (χ2v) is 4.90. The first kappa shape index (κ1) is 14.8. The summed E-state index contributed by atoms with van der Waals surface area (Å²) in [5.41, 5.74) is 6.86. The molecule has 0 aromatic heterocycles. The monoisotopic (exact) mass is 291 g/mol. The number of rotatable bonds is 4. The molecular weight excluding hydrogens is 274 g/mol. The number of aliphatic carboxylic acids is 1. The van der Waals surface area contributed by atoms with E-state index in [9.17, 15) is 19.5 Å². The lowest BCUT2D eigenvalue weighted by Gasteiger charge is -2.34. The van der Waals surface area contributed by atoms with E-state index in [4.69, 9.17) is 5.73 Å². The van der Waals surface area contributed by atoms with Crippen molar-refractivity contribution in [2.75, 3.05) is 6.54 Å². The second-order valence-electron chi connectivity index (χ2n) is 4.90. The fourth-order valence-electron chi connectivity index (χ4n) is 2.35. The normalized spacial score (nSPS) is 17.0. The number of primary amides is 1. The first-order chi connectivity index (χ1) is 9.99. The van der Waals surface area contributed by atoms with Crippen LogP contribution in [0.2, 0.25) is 0 Å². The molecule has 1 atom stereocenters. The molecule has 0 saturated heterocycles. The van der Waals surface area contributed by atoms with Crippen LogP contribution in [-0.2, 0) is 22.6 Å². The number of carbonyl (C=O) groups excluding carboxylic acids is 2. The van der Waals surface area contributed by atoms with Gasteiger partial charge in [0.05, 0.1) is 0 Å². The zero-order valence-corrected chi connectivity index (χ0v) is 11.4. The van der Waals surface area contributed by atoms with Crippen LogP contribution < -0.4 is 11.1 Å². The highest BCUT2D eigenvalue weighted by atomic mass is 16.4. The van der Waals surface area contributed by atoms with Crippen molar-refractivity contribution in [1.29, 1.82) is 0 Å². The largest absolute Gasteiger partial charge is 0.480 e. The van der Waals surface area contributed by atoms with Crippen LogP contribution in [0.1, 0.15) is 17.5 Å². The standard InChI is InChI=1S/C14H17N3O4/c15-12(18)5-6-16-14(21)17-8-10-4-2-1-3-9(10)7-11(17)13(19)20/h1-4,11H,5-8H2,(H2,15,18)(H,16,21)(H,19,20). The van der Waals surface area contributed by atoms with Gasteiger partial charge in [-0.05, 0) is 11.1 Å². The summed E-state index contributed by atoms with van der Waals surface area (Å²) in [6.45, 7) is 0.328. The molecule has 0 spiro atoms. The van der Waals surface area contributed by atoms with E-state index in [1.54, 1.807) is 0 Å². The lowest BCUT2D eigenvalue weighted by molar-refractivity contribution is -0.142. The third-order valence-electron chi connectivity index (χ3n) is 3.44. The molecular formula is C14H17N3O4. The molecule has 1 aromatic rings. The number of hydrogen-bond donors (Lipinski definition) is 3. The van der Waals surface area contributed by atoms with Gasteiger partial charge in [0, 0.05) is 25.9 Å². The minimum Gasteiger partial charge on any atom is -0.480 e. The van der Waals surface area contributed by atoms with Crippen LogP contribution in [0.4, 0.5) is 4.79 Å². The number of carbonyl (C=O) groups is 3. The van der Waals surface area contributed by atoms with Gasteiger partial charge in [0.25, 0.3) is 0 Å². The number of nitrogens with two attached hydrogens (primary N) is 1. The fraction of sp³-hybridized carbons (Fsp3) is 0.357. The van der Waals surface area contributed by atoms with Crippen LogP contribution in [0.25, 0.3) is 0 Å². The third kappa shape index (κ3) is 3.50. The maximum absolute atomic E-state index is 12.1. The predicted molar refractivity (Wildman–Crippen MR) is 74.3 cm³/mol. The Kier molecular flexibility index (Phi) is 4.42. The van der Waals surface area contributed by atoms with E-state index in [0.29, 0.717) is 0 Å². The van der Waals surface area contributed by atoms with Gasteiger partial charge in [-0.3, -0.25) is 4.79 Å². The van der Waals surface area contributed by atoms with Crippen molar-refractivity contribution < 1.29 is 19.5 Å². The van der Waals surface area contributed by atoms with Gasteiger partial charge < -0.3 is 21.1 Å². The molecule has 4 N–H and O–H groups in total. The Bertz CT molecular complexity index is 573. The van der Waals surface area contributed by atoms with E-state index in [-0.39, 0.29) is 25.9 Å². The number of fused-ring (bicyclic) bond motifs is 1. The number of carboxylic acid groups (broad SMARTS) is 1. The molecule has 21 heavy (non-hydrogen) atoms. The van der Waals surface area contributed by atoms with Gasteiger partial charge in [0.15, 0.2) is 0 Å². The van der Waals surface area contributed by atoms with E-state index in [0.717, 1.165) is 11.1 Å². The molecule has 0 aliphatic carbocycles. The zero-order valence-electron chi connectivity index (χ0n) is 11.4. The summed E-state index contributed by atoms with van der Waals surface area (Å²) in [5, 5.41) is 11.8. The number of hydrogen-bond acceptors (Lipinski definition) is 3. The van der Waals surface area contributed by atoms with Crippen LogP contribution in [0.15, 0.2) is 24.3 Å². The van der Waals surface area contributed by atoms with Crippen molar-refractivity contribution in [2.24, 2.45) is 5.73 Å². The Balaban J connectivity index is 2.11. The number of nitrogens with zero attached hydrogens (tertiary/aromatic N) is 1. The number of amides is 3. The Morgan fingerprint density at radius 3 is 2.57 bits per heavy atom. The summed E-state index contributed by atoms with van der Waals surface area (Å²) in [5.74, 6) is -1.57. The quantitative estimate of drug-likeness (QED) is 0.729. The molecule has 1 aliphatic rings. The van der Waals surface area contributed by atoms with Crippen LogP contribution in [-0.4, -0.2) is 40.5 Å². The smallest absolute Gasteiger partial charge is 0.326 e. The summed E-state index contributed by atoms with van der Waals surface area (Å²) in [4.78, 5) is 35.4. The second kappa shape index (κ2) is 6.25. The van der Waals surface area contributed by atoms with Gasteiger partial charge in [-0.15, -0.1) is 0 Å². The molecule has 0 bridgehead atoms. The van der Waals surface area contributed by atoms with Crippen LogP contribution in [0, 0.1) is 0 Å². The fourth-order valence-corrected chi connectivity index (χ4v) is 2.35. The van der Waals surface area contributed by atoms with Crippen molar-refractivity contribution in [2.45, 2.75) is 25.4 Å². The highest BCUT2D eigenvalue weighted by Gasteiger charge is 2.34. The Labute approximate surface area is 121 Å². The average molecular weight is 291 g/mol. The predicted octanol–water partition coefficient (Wildman–Crippen LogP) is 0.0829. The highest BCUT2D eigenvalue weighted by molar-refractivity contribution is 5.84.